The Kier molecular flexibility index (Phi) is 4.62. The van der Waals surface area contributed by atoms with Crippen LogP contribution in [0.1, 0.15) is 6.42 Å². The van der Waals surface area contributed by atoms with Gasteiger partial charge >= 0.3 is 0 Å². The Morgan fingerprint density at radius 3 is 3.00 bits per heavy atom. The Hall–Kier alpha value is -0.870. The van der Waals surface area contributed by atoms with Crippen molar-refractivity contribution in [3.8, 4) is 0 Å². The van der Waals surface area contributed by atoms with Crippen molar-refractivity contribution in [3.05, 3.63) is 17.4 Å². The van der Waals surface area contributed by atoms with E-state index in [1.165, 1.54) is 0 Å². The van der Waals surface area contributed by atoms with E-state index in [1.807, 2.05) is 7.05 Å². The lowest BCUT2D eigenvalue weighted by atomic mass is 10.3. The number of hydrogen-bond acceptors (Lipinski definition) is 4. The average molecular weight is 216 g/mol. The molecule has 0 aliphatic carbocycles. The zero-order valence-electron chi connectivity index (χ0n) is 8.40. The molecule has 1 heterocycles. The quantitative estimate of drug-likeness (QED) is 0.700. The van der Waals surface area contributed by atoms with Gasteiger partial charge in [0.25, 0.3) is 0 Å². The van der Waals surface area contributed by atoms with Gasteiger partial charge in [-0.1, -0.05) is 11.6 Å². The van der Waals surface area contributed by atoms with Crippen molar-refractivity contribution in [3.63, 3.8) is 0 Å². The zero-order valence-corrected chi connectivity index (χ0v) is 9.16. The summed E-state index contributed by atoms with van der Waals surface area (Å²) in [7, 11) is 3.69. The summed E-state index contributed by atoms with van der Waals surface area (Å²) in [5, 5.41) is 7.88. The van der Waals surface area contributed by atoms with Crippen LogP contribution in [0.4, 0.5) is 5.69 Å². The maximum absolute atomic E-state index is 5.73. The fourth-order valence-electron chi connectivity index (χ4n) is 1.12. The molecule has 0 saturated carbocycles. The van der Waals surface area contributed by atoms with Crippen LogP contribution in [0.2, 0.25) is 5.15 Å². The molecule has 0 saturated heterocycles. The number of nitrogens with zero attached hydrogens (tertiary/aromatic N) is 3. The summed E-state index contributed by atoms with van der Waals surface area (Å²) in [6.07, 6.45) is 2.67. The first-order valence-electron chi connectivity index (χ1n) is 4.42. The number of aromatic nitrogens is 2. The van der Waals surface area contributed by atoms with E-state index in [-0.39, 0.29) is 0 Å². The molecule has 4 nitrogen and oxygen atoms in total. The Morgan fingerprint density at radius 1 is 1.57 bits per heavy atom. The predicted octanol–water partition coefficient (Wildman–Crippen LogP) is 1.60. The lowest BCUT2D eigenvalue weighted by Gasteiger charge is -2.18. The minimum absolute atomic E-state index is 0.418. The van der Waals surface area contributed by atoms with Crippen LogP contribution in [0.5, 0.6) is 0 Å². The van der Waals surface area contributed by atoms with Gasteiger partial charge in [0.1, 0.15) is 0 Å². The maximum Gasteiger partial charge on any atom is 0.153 e. The highest BCUT2D eigenvalue weighted by atomic mass is 35.5. The van der Waals surface area contributed by atoms with Crippen molar-refractivity contribution in [1.82, 2.24) is 10.2 Å². The van der Waals surface area contributed by atoms with Gasteiger partial charge in [0.15, 0.2) is 5.15 Å². The van der Waals surface area contributed by atoms with Crippen LogP contribution in [-0.2, 0) is 4.74 Å². The summed E-state index contributed by atoms with van der Waals surface area (Å²) in [5.74, 6) is 0. The van der Waals surface area contributed by atoms with Gasteiger partial charge in [-0.25, -0.2) is 0 Å². The number of rotatable bonds is 5. The molecular weight excluding hydrogens is 202 g/mol. The molecule has 1 aromatic rings. The van der Waals surface area contributed by atoms with E-state index in [0.29, 0.717) is 5.15 Å². The number of hydrogen-bond donors (Lipinski definition) is 0. The third-order valence-electron chi connectivity index (χ3n) is 1.89. The third-order valence-corrected chi connectivity index (χ3v) is 2.08. The topological polar surface area (TPSA) is 38.2 Å². The Morgan fingerprint density at radius 2 is 2.36 bits per heavy atom. The highest BCUT2D eigenvalue weighted by Gasteiger charge is 2.01. The molecule has 0 aliphatic heterocycles. The first kappa shape index (κ1) is 11.2. The van der Waals surface area contributed by atoms with Crippen LogP contribution in [0, 0.1) is 0 Å². The molecule has 0 unspecified atom stereocenters. The monoisotopic (exact) mass is 215 g/mol. The smallest absolute Gasteiger partial charge is 0.153 e. The van der Waals surface area contributed by atoms with Crippen LogP contribution in [-0.4, -0.2) is 37.5 Å². The average Bonchev–Trinajstić information content (AvgIpc) is 2.18. The van der Waals surface area contributed by atoms with Gasteiger partial charge in [-0.2, -0.15) is 5.10 Å². The second-order valence-electron chi connectivity index (χ2n) is 3.00. The van der Waals surface area contributed by atoms with Crippen LogP contribution in [0.15, 0.2) is 12.3 Å². The molecule has 14 heavy (non-hydrogen) atoms. The summed E-state index contributed by atoms with van der Waals surface area (Å²) < 4.78 is 4.97. The van der Waals surface area contributed by atoms with E-state index in [0.717, 1.165) is 25.3 Å². The Bertz CT molecular complexity index is 283. The molecule has 1 rings (SSSR count). The number of methoxy groups -OCH3 is 1. The molecule has 0 atom stereocenters. The normalized spacial score (nSPS) is 10.2. The van der Waals surface area contributed by atoms with Crippen molar-refractivity contribution in [2.45, 2.75) is 6.42 Å². The molecule has 5 heteroatoms. The molecule has 0 amide bonds. The summed E-state index contributed by atoms with van der Waals surface area (Å²) in [6, 6.07) is 1.79. The lowest BCUT2D eigenvalue weighted by Crippen LogP contribution is -2.19. The van der Waals surface area contributed by atoms with E-state index >= 15 is 0 Å². The number of halogens is 1. The van der Waals surface area contributed by atoms with E-state index in [9.17, 15) is 0 Å². The van der Waals surface area contributed by atoms with Crippen molar-refractivity contribution in [1.29, 1.82) is 0 Å². The molecule has 0 N–H and O–H groups in total. The summed E-state index contributed by atoms with van der Waals surface area (Å²) in [4.78, 5) is 2.07. The SMILES string of the molecule is COCCCN(C)c1cnnc(Cl)c1. The van der Waals surface area contributed by atoms with Gasteiger partial charge < -0.3 is 9.64 Å². The molecule has 78 valence electrons. The Labute approximate surface area is 88.8 Å². The second-order valence-corrected chi connectivity index (χ2v) is 3.39. The largest absolute Gasteiger partial charge is 0.385 e. The minimum atomic E-state index is 0.418. The number of ether oxygens (including phenoxy) is 1. The first-order valence-corrected chi connectivity index (χ1v) is 4.80. The standard InChI is InChI=1S/C9H14ClN3O/c1-13(4-3-5-14-2)8-6-9(10)12-11-7-8/h6-7H,3-5H2,1-2H3. The van der Waals surface area contributed by atoms with Crippen molar-refractivity contribution >= 4 is 17.3 Å². The van der Waals surface area contributed by atoms with Crippen LogP contribution >= 0.6 is 11.6 Å². The van der Waals surface area contributed by atoms with Gasteiger partial charge in [0.2, 0.25) is 0 Å². The summed E-state index contributed by atoms with van der Waals surface area (Å²) in [6.45, 7) is 1.67. The lowest BCUT2D eigenvalue weighted by molar-refractivity contribution is 0.196. The molecule has 0 spiro atoms. The highest BCUT2D eigenvalue weighted by molar-refractivity contribution is 6.29. The molecule has 0 fully saturated rings. The van der Waals surface area contributed by atoms with Crippen molar-refractivity contribution < 1.29 is 4.74 Å². The molecule has 0 aliphatic rings. The molecule has 0 radical (unpaired) electrons. The van der Waals surface area contributed by atoms with Gasteiger partial charge in [0, 0.05) is 33.4 Å². The van der Waals surface area contributed by atoms with Crippen molar-refractivity contribution in [2.24, 2.45) is 0 Å². The maximum atomic E-state index is 5.73. The Balaban J connectivity index is 2.47. The third kappa shape index (κ3) is 3.47. The van der Waals surface area contributed by atoms with Crippen LogP contribution in [0.25, 0.3) is 0 Å². The first-order chi connectivity index (χ1) is 6.74. The molecule has 0 aromatic carbocycles. The van der Waals surface area contributed by atoms with Crippen LogP contribution in [0.3, 0.4) is 0 Å². The van der Waals surface area contributed by atoms with Crippen LogP contribution < -0.4 is 4.90 Å². The highest BCUT2D eigenvalue weighted by Crippen LogP contribution is 2.14. The molecule has 0 bridgehead atoms. The minimum Gasteiger partial charge on any atom is -0.385 e. The fourth-order valence-corrected chi connectivity index (χ4v) is 1.27. The van der Waals surface area contributed by atoms with E-state index in [2.05, 4.69) is 15.1 Å². The molecule has 1 aromatic heterocycles. The fraction of sp³-hybridized carbons (Fsp3) is 0.556. The molecular formula is C9H14ClN3O. The van der Waals surface area contributed by atoms with Gasteiger partial charge in [0.05, 0.1) is 11.9 Å². The van der Waals surface area contributed by atoms with Crippen molar-refractivity contribution in [2.75, 3.05) is 32.2 Å². The van der Waals surface area contributed by atoms with E-state index in [1.54, 1.807) is 19.4 Å². The summed E-state index contributed by atoms with van der Waals surface area (Å²) >= 11 is 5.73. The van der Waals surface area contributed by atoms with E-state index < -0.39 is 0 Å². The number of anilines is 1. The van der Waals surface area contributed by atoms with Gasteiger partial charge in [-0.15, -0.1) is 5.10 Å². The van der Waals surface area contributed by atoms with Gasteiger partial charge in [-0.05, 0) is 6.42 Å². The van der Waals surface area contributed by atoms with E-state index in [4.69, 9.17) is 16.3 Å². The van der Waals surface area contributed by atoms with Gasteiger partial charge in [-0.3, -0.25) is 0 Å². The summed E-state index contributed by atoms with van der Waals surface area (Å²) in [5.41, 5.74) is 0.973. The predicted molar refractivity (Wildman–Crippen MR) is 56.8 cm³/mol. The zero-order chi connectivity index (χ0) is 10.4. The second kappa shape index (κ2) is 5.78.